The van der Waals surface area contributed by atoms with Gasteiger partial charge in [0.1, 0.15) is 16.9 Å². The van der Waals surface area contributed by atoms with Crippen molar-refractivity contribution in [3.05, 3.63) is 65.9 Å². The molecule has 10 nitrogen and oxygen atoms in total. The molecule has 2 N–H and O–H groups in total. The first-order valence-electron chi connectivity index (χ1n) is 15.2. The Morgan fingerprint density at radius 1 is 1.19 bits per heavy atom. The molecule has 2 aromatic carbocycles. The Labute approximate surface area is 252 Å². The lowest BCUT2D eigenvalue weighted by molar-refractivity contribution is -0.0893. The summed E-state index contributed by atoms with van der Waals surface area (Å²) in [5.74, 6) is 1.29. The largest absolute Gasteiger partial charge is 0.493 e. The fraction of sp³-hybridized carbons (Fsp3) is 0.485. The number of aryl methyl sites for hydroxylation is 2. The summed E-state index contributed by atoms with van der Waals surface area (Å²) in [6.45, 7) is 6.46. The van der Waals surface area contributed by atoms with Crippen LogP contribution in [-0.2, 0) is 4.74 Å². The van der Waals surface area contributed by atoms with Crippen LogP contribution in [0, 0.1) is 13.8 Å². The van der Waals surface area contributed by atoms with Crippen LogP contribution < -0.4 is 10.1 Å². The van der Waals surface area contributed by atoms with E-state index >= 15 is 0 Å². The molecule has 1 saturated carbocycles. The van der Waals surface area contributed by atoms with Crippen molar-refractivity contribution in [3.8, 4) is 17.0 Å². The number of aliphatic hydroxyl groups is 1. The van der Waals surface area contributed by atoms with Gasteiger partial charge >= 0.3 is 0 Å². The van der Waals surface area contributed by atoms with Crippen LogP contribution >= 0.6 is 0 Å². The molecule has 0 bridgehead atoms. The number of fused-ring (bicyclic) bond motifs is 1. The SMILES string of the molecule is COC[C@]1(O)CCCC[C@H]1n1cnc(C(=O)N2CCNC[C@H]2CCOc2ccc3oc(C)nc3c2C)c1-c1ccccc1. The number of aromatic nitrogens is 3. The maximum Gasteiger partial charge on any atom is 0.275 e. The highest BCUT2D eigenvalue weighted by molar-refractivity contribution is 5.98. The number of rotatable bonds is 9. The molecule has 0 radical (unpaired) electrons. The predicted octanol–water partition coefficient (Wildman–Crippen LogP) is 4.68. The van der Waals surface area contributed by atoms with Gasteiger partial charge in [-0.15, -0.1) is 0 Å². The molecule has 0 spiro atoms. The van der Waals surface area contributed by atoms with Gasteiger partial charge in [0.15, 0.2) is 17.2 Å². The molecule has 228 valence electrons. The van der Waals surface area contributed by atoms with Gasteiger partial charge in [-0.1, -0.05) is 43.2 Å². The molecule has 0 unspecified atom stereocenters. The molecule has 3 atom stereocenters. The number of nitrogens with zero attached hydrogens (tertiary/aromatic N) is 4. The molecule has 10 heteroatoms. The zero-order valence-corrected chi connectivity index (χ0v) is 25.2. The number of carbonyl (C=O) groups is 1. The lowest BCUT2D eigenvalue weighted by atomic mass is 9.80. The minimum absolute atomic E-state index is 0.0616. The zero-order valence-electron chi connectivity index (χ0n) is 25.2. The molecular formula is C33H41N5O5. The van der Waals surface area contributed by atoms with Crippen molar-refractivity contribution in [1.82, 2.24) is 24.8 Å². The summed E-state index contributed by atoms with van der Waals surface area (Å²) in [4.78, 5) is 25.4. The second-order valence-corrected chi connectivity index (χ2v) is 11.8. The van der Waals surface area contributed by atoms with Gasteiger partial charge in [-0.25, -0.2) is 9.97 Å². The van der Waals surface area contributed by atoms with E-state index in [-0.39, 0.29) is 24.6 Å². The van der Waals surface area contributed by atoms with E-state index in [4.69, 9.17) is 18.9 Å². The molecule has 6 rings (SSSR count). The Hall–Kier alpha value is -3.73. The maximum absolute atomic E-state index is 14.3. The average Bonchev–Trinajstić information content (AvgIpc) is 3.63. The molecule has 4 aromatic rings. The van der Waals surface area contributed by atoms with Crippen LogP contribution in [0.2, 0.25) is 0 Å². The van der Waals surface area contributed by atoms with Crippen LogP contribution in [0.25, 0.3) is 22.4 Å². The standard InChI is InChI=1S/C33H41N5O5/c1-22-26(12-13-27-29(22)36-23(2)43-27)42-18-14-25-19-34-16-17-37(25)32(39)30-31(24-9-5-4-6-10-24)38(21-35-30)28-11-7-8-15-33(28,40)20-41-3/h4-6,9-10,12-13,21,25,28,34,40H,7-8,11,14-20H2,1-3H3/t25-,28-,33-/m1/s1. The van der Waals surface area contributed by atoms with Crippen molar-refractivity contribution >= 4 is 17.0 Å². The fourth-order valence-electron chi connectivity index (χ4n) is 6.76. The number of hydrogen-bond acceptors (Lipinski definition) is 8. The van der Waals surface area contributed by atoms with E-state index in [1.165, 1.54) is 0 Å². The van der Waals surface area contributed by atoms with Crippen molar-refractivity contribution in [2.24, 2.45) is 0 Å². The number of hydrogen-bond donors (Lipinski definition) is 2. The second kappa shape index (κ2) is 12.5. The number of oxazole rings is 1. The Morgan fingerprint density at radius 3 is 2.84 bits per heavy atom. The van der Waals surface area contributed by atoms with E-state index in [2.05, 4.69) is 10.3 Å². The lowest BCUT2D eigenvalue weighted by Gasteiger charge is -2.41. The molecular weight excluding hydrogens is 546 g/mol. The lowest BCUT2D eigenvalue weighted by Crippen LogP contribution is -2.54. The van der Waals surface area contributed by atoms with Crippen LogP contribution in [0.5, 0.6) is 5.75 Å². The topological polar surface area (TPSA) is 115 Å². The summed E-state index contributed by atoms with van der Waals surface area (Å²) in [6.07, 6.45) is 5.76. The van der Waals surface area contributed by atoms with Gasteiger partial charge in [0.25, 0.3) is 5.91 Å². The quantitative estimate of drug-likeness (QED) is 0.290. The number of benzene rings is 2. The zero-order chi connectivity index (χ0) is 30.0. The first-order valence-corrected chi connectivity index (χ1v) is 15.2. The number of nitrogens with one attached hydrogen (secondary N) is 1. The third-order valence-electron chi connectivity index (χ3n) is 8.92. The van der Waals surface area contributed by atoms with Crippen molar-refractivity contribution in [1.29, 1.82) is 0 Å². The molecule has 1 aliphatic heterocycles. The number of amides is 1. The molecule has 3 heterocycles. The summed E-state index contributed by atoms with van der Waals surface area (Å²) in [6, 6.07) is 13.4. The first kappa shape index (κ1) is 29.3. The average molecular weight is 588 g/mol. The van der Waals surface area contributed by atoms with Crippen LogP contribution in [0.15, 0.2) is 53.2 Å². The summed E-state index contributed by atoms with van der Waals surface area (Å²) in [7, 11) is 1.62. The Bertz CT molecular complexity index is 1560. The predicted molar refractivity (Wildman–Crippen MR) is 163 cm³/mol. The van der Waals surface area contributed by atoms with Gasteiger partial charge < -0.3 is 33.8 Å². The van der Waals surface area contributed by atoms with Crippen LogP contribution in [0.3, 0.4) is 0 Å². The number of ether oxygens (including phenoxy) is 2. The van der Waals surface area contributed by atoms with Crippen molar-refractivity contribution < 1.29 is 23.8 Å². The normalized spacial score (nSPS) is 22.7. The van der Waals surface area contributed by atoms with E-state index in [9.17, 15) is 9.90 Å². The second-order valence-electron chi connectivity index (χ2n) is 11.8. The number of carbonyl (C=O) groups excluding carboxylic acids is 1. The summed E-state index contributed by atoms with van der Waals surface area (Å²) < 4.78 is 19.3. The molecule has 2 aliphatic rings. The minimum atomic E-state index is -1.03. The van der Waals surface area contributed by atoms with Gasteiger partial charge in [-0.05, 0) is 31.9 Å². The summed E-state index contributed by atoms with van der Waals surface area (Å²) >= 11 is 0. The van der Waals surface area contributed by atoms with Gasteiger partial charge in [-0.3, -0.25) is 4.79 Å². The molecule has 1 aliphatic carbocycles. The molecule has 43 heavy (non-hydrogen) atoms. The van der Waals surface area contributed by atoms with Crippen LogP contribution in [-0.4, -0.2) is 82.0 Å². The highest BCUT2D eigenvalue weighted by Gasteiger charge is 2.42. The van der Waals surface area contributed by atoms with Gasteiger partial charge in [0.05, 0.1) is 31.3 Å². The van der Waals surface area contributed by atoms with E-state index in [1.807, 2.05) is 65.8 Å². The van der Waals surface area contributed by atoms with Crippen LogP contribution in [0.4, 0.5) is 0 Å². The third-order valence-corrected chi connectivity index (χ3v) is 8.92. The molecule has 1 saturated heterocycles. The van der Waals surface area contributed by atoms with Gasteiger partial charge in [0.2, 0.25) is 0 Å². The molecule has 2 fully saturated rings. The van der Waals surface area contributed by atoms with Crippen molar-refractivity contribution in [3.63, 3.8) is 0 Å². The summed E-state index contributed by atoms with van der Waals surface area (Å²) in [5.41, 5.74) is 3.53. The number of methoxy groups -OCH3 is 1. The highest BCUT2D eigenvalue weighted by Crippen LogP contribution is 2.41. The smallest absolute Gasteiger partial charge is 0.275 e. The van der Waals surface area contributed by atoms with Crippen LogP contribution in [0.1, 0.15) is 60.1 Å². The van der Waals surface area contributed by atoms with Crippen molar-refractivity contribution in [2.75, 3.05) is 40.0 Å². The van der Waals surface area contributed by atoms with E-state index in [0.717, 1.165) is 52.9 Å². The minimum Gasteiger partial charge on any atom is -0.493 e. The number of imidazole rings is 1. The molecule has 2 aromatic heterocycles. The maximum atomic E-state index is 14.3. The highest BCUT2D eigenvalue weighted by atomic mass is 16.5. The summed E-state index contributed by atoms with van der Waals surface area (Å²) in [5, 5.41) is 15.1. The monoisotopic (exact) mass is 587 g/mol. The molecule has 1 amide bonds. The third kappa shape index (κ3) is 5.79. The number of piperazine rings is 1. The van der Waals surface area contributed by atoms with E-state index < -0.39 is 5.60 Å². The van der Waals surface area contributed by atoms with E-state index in [0.29, 0.717) is 50.7 Å². The Balaban J connectivity index is 1.25. The van der Waals surface area contributed by atoms with Gasteiger partial charge in [0, 0.05) is 57.3 Å². The Kier molecular flexibility index (Phi) is 8.52. The Morgan fingerprint density at radius 2 is 2.02 bits per heavy atom. The van der Waals surface area contributed by atoms with E-state index in [1.54, 1.807) is 13.4 Å². The van der Waals surface area contributed by atoms with Gasteiger partial charge in [-0.2, -0.15) is 0 Å². The first-order chi connectivity index (χ1) is 20.9. The fourth-order valence-corrected chi connectivity index (χ4v) is 6.76. The van der Waals surface area contributed by atoms with Crippen molar-refractivity contribution in [2.45, 2.75) is 63.6 Å².